The van der Waals surface area contributed by atoms with Gasteiger partial charge in [-0.3, -0.25) is 4.79 Å². The first-order chi connectivity index (χ1) is 15.4. The highest BCUT2D eigenvalue weighted by Gasteiger charge is 2.29. The maximum absolute atomic E-state index is 12.7. The molecule has 2 aromatic carbocycles. The van der Waals surface area contributed by atoms with Gasteiger partial charge in [-0.2, -0.15) is 4.31 Å². The van der Waals surface area contributed by atoms with Crippen molar-refractivity contribution in [3.63, 3.8) is 0 Å². The molecule has 170 valence electrons. The third-order valence-corrected chi connectivity index (χ3v) is 7.96. The number of fused-ring (bicyclic) bond motifs is 1. The normalized spacial score (nSPS) is 15.2. The largest absolute Gasteiger partial charge is 0.494 e. The number of carbonyl (C=O) groups excluding carboxylic acids is 1. The summed E-state index contributed by atoms with van der Waals surface area (Å²) >= 11 is 1.34. The zero-order valence-corrected chi connectivity index (χ0v) is 19.5. The van der Waals surface area contributed by atoms with Gasteiger partial charge in [-0.25, -0.2) is 13.4 Å². The van der Waals surface area contributed by atoms with Gasteiger partial charge in [0.1, 0.15) is 5.75 Å². The van der Waals surface area contributed by atoms with E-state index in [2.05, 4.69) is 9.97 Å². The second-order valence-electron chi connectivity index (χ2n) is 7.46. The molecular weight excluding hydrogens is 448 g/mol. The number of H-pyrrole nitrogens is 1. The van der Waals surface area contributed by atoms with Crippen molar-refractivity contribution in [3.8, 4) is 5.75 Å². The Morgan fingerprint density at radius 2 is 1.88 bits per heavy atom. The Labute approximate surface area is 192 Å². The molecule has 0 spiro atoms. The predicted molar refractivity (Wildman–Crippen MR) is 125 cm³/mol. The van der Waals surface area contributed by atoms with Crippen LogP contribution in [-0.2, 0) is 20.6 Å². The molecule has 1 aromatic heterocycles. The van der Waals surface area contributed by atoms with Gasteiger partial charge in [0.05, 0.1) is 29.1 Å². The molecule has 1 amide bonds. The van der Waals surface area contributed by atoms with Crippen molar-refractivity contribution in [2.75, 3.05) is 38.5 Å². The number of hydrogen-bond donors (Lipinski definition) is 1. The summed E-state index contributed by atoms with van der Waals surface area (Å²) in [7, 11) is -3.40. The molecule has 10 heteroatoms. The minimum atomic E-state index is -3.40. The molecule has 8 nitrogen and oxygen atoms in total. The summed E-state index contributed by atoms with van der Waals surface area (Å²) in [5, 5.41) is 0.672. The molecule has 32 heavy (non-hydrogen) atoms. The van der Waals surface area contributed by atoms with E-state index in [1.165, 1.54) is 16.1 Å². The number of nitrogens with zero attached hydrogens (tertiary/aromatic N) is 3. The first-order valence-corrected chi connectivity index (χ1v) is 13.1. The number of sulfonamides is 1. The van der Waals surface area contributed by atoms with Crippen molar-refractivity contribution in [3.05, 3.63) is 54.1 Å². The first kappa shape index (κ1) is 22.6. The van der Waals surface area contributed by atoms with Crippen molar-refractivity contribution in [1.82, 2.24) is 19.2 Å². The number of ether oxygens (including phenoxy) is 1. The number of aromatic amines is 1. The van der Waals surface area contributed by atoms with Crippen LogP contribution < -0.4 is 4.74 Å². The van der Waals surface area contributed by atoms with Crippen LogP contribution in [0.15, 0.2) is 53.7 Å². The molecule has 0 unspecified atom stereocenters. The molecule has 1 aliphatic rings. The van der Waals surface area contributed by atoms with Crippen LogP contribution in [-0.4, -0.2) is 72.0 Å². The van der Waals surface area contributed by atoms with Crippen molar-refractivity contribution in [2.45, 2.75) is 17.8 Å². The molecule has 0 radical (unpaired) electrons. The van der Waals surface area contributed by atoms with Gasteiger partial charge in [-0.05, 0) is 24.6 Å². The molecule has 4 rings (SSSR count). The van der Waals surface area contributed by atoms with E-state index < -0.39 is 10.0 Å². The van der Waals surface area contributed by atoms with E-state index in [-0.39, 0.29) is 17.4 Å². The minimum Gasteiger partial charge on any atom is -0.494 e. The number of amides is 1. The molecule has 0 bridgehead atoms. The number of imidazole rings is 1. The average molecular weight is 475 g/mol. The lowest BCUT2D eigenvalue weighted by molar-refractivity contribution is -0.129. The third-order valence-electron chi connectivity index (χ3n) is 5.25. The fourth-order valence-corrected chi connectivity index (χ4v) is 5.91. The van der Waals surface area contributed by atoms with Gasteiger partial charge in [-0.1, -0.05) is 42.1 Å². The summed E-state index contributed by atoms with van der Waals surface area (Å²) in [5.74, 6) is 0.978. The van der Waals surface area contributed by atoms with E-state index in [0.29, 0.717) is 37.9 Å². The van der Waals surface area contributed by atoms with E-state index in [4.69, 9.17) is 4.74 Å². The molecule has 1 N–H and O–H groups in total. The van der Waals surface area contributed by atoms with Crippen molar-refractivity contribution in [2.24, 2.45) is 0 Å². The molecule has 1 fully saturated rings. The highest BCUT2D eigenvalue weighted by molar-refractivity contribution is 7.99. The van der Waals surface area contributed by atoms with E-state index in [9.17, 15) is 13.2 Å². The highest BCUT2D eigenvalue weighted by Crippen LogP contribution is 2.24. The fourth-order valence-electron chi connectivity index (χ4n) is 3.60. The van der Waals surface area contributed by atoms with Crippen LogP contribution in [0, 0.1) is 0 Å². The number of piperazine rings is 1. The lowest BCUT2D eigenvalue weighted by Crippen LogP contribution is -2.51. The van der Waals surface area contributed by atoms with Gasteiger partial charge in [0.25, 0.3) is 0 Å². The Kier molecular flexibility index (Phi) is 7.02. The van der Waals surface area contributed by atoms with E-state index in [1.807, 2.05) is 55.5 Å². The van der Waals surface area contributed by atoms with Gasteiger partial charge in [-0.15, -0.1) is 0 Å². The Balaban J connectivity index is 1.28. The highest BCUT2D eigenvalue weighted by atomic mass is 32.2. The van der Waals surface area contributed by atoms with Gasteiger partial charge in [0.15, 0.2) is 5.16 Å². The van der Waals surface area contributed by atoms with Crippen LogP contribution in [0.4, 0.5) is 0 Å². The van der Waals surface area contributed by atoms with Crippen LogP contribution in [0.3, 0.4) is 0 Å². The fraction of sp³-hybridized carbons (Fsp3) is 0.364. The van der Waals surface area contributed by atoms with E-state index in [1.54, 1.807) is 4.90 Å². The van der Waals surface area contributed by atoms with Gasteiger partial charge < -0.3 is 14.6 Å². The standard InChI is InChI=1S/C22H26N4O4S2/c1-2-30-18-8-9-19-20(14-18)24-22(23-19)31-15-21(27)25-10-12-26(13-11-25)32(28,29)16-17-6-4-3-5-7-17/h3-9,14H,2,10-13,15-16H2,1H3,(H,23,24). The molecule has 3 aromatic rings. The summed E-state index contributed by atoms with van der Waals surface area (Å²) in [6.07, 6.45) is 0. The van der Waals surface area contributed by atoms with Crippen molar-refractivity contribution >= 4 is 38.7 Å². The quantitative estimate of drug-likeness (QED) is 0.505. The minimum absolute atomic E-state index is 0.0191. The molecular formula is C22H26N4O4S2. The zero-order valence-electron chi connectivity index (χ0n) is 17.9. The Hall–Kier alpha value is -2.56. The molecule has 0 atom stereocenters. The molecule has 1 aliphatic heterocycles. The van der Waals surface area contributed by atoms with E-state index in [0.717, 1.165) is 22.3 Å². The zero-order chi connectivity index (χ0) is 22.6. The second-order valence-corrected chi connectivity index (χ2v) is 10.4. The van der Waals surface area contributed by atoms with Gasteiger partial charge >= 0.3 is 0 Å². The maximum atomic E-state index is 12.7. The number of hydrogen-bond acceptors (Lipinski definition) is 6. The number of nitrogens with one attached hydrogen (secondary N) is 1. The Bertz CT molecular complexity index is 1170. The maximum Gasteiger partial charge on any atom is 0.233 e. The summed E-state index contributed by atoms with van der Waals surface area (Å²) in [4.78, 5) is 22.1. The van der Waals surface area contributed by atoms with Crippen LogP contribution in [0.1, 0.15) is 12.5 Å². The van der Waals surface area contributed by atoms with Gasteiger partial charge in [0.2, 0.25) is 15.9 Å². The smallest absolute Gasteiger partial charge is 0.233 e. The first-order valence-electron chi connectivity index (χ1n) is 10.5. The SMILES string of the molecule is CCOc1ccc2nc(SCC(=O)N3CCN(S(=O)(=O)Cc4ccccc4)CC3)[nH]c2c1. The summed E-state index contributed by atoms with van der Waals surface area (Å²) in [6, 6.07) is 14.8. The van der Waals surface area contributed by atoms with Crippen LogP contribution in [0.5, 0.6) is 5.75 Å². The lowest BCUT2D eigenvalue weighted by Gasteiger charge is -2.34. The number of carbonyl (C=O) groups is 1. The van der Waals surface area contributed by atoms with Crippen molar-refractivity contribution < 1.29 is 17.9 Å². The number of aromatic nitrogens is 2. The summed E-state index contributed by atoms with van der Waals surface area (Å²) < 4.78 is 32.4. The molecule has 0 saturated carbocycles. The topological polar surface area (TPSA) is 95.6 Å². The van der Waals surface area contributed by atoms with Crippen LogP contribution in [0.2, 0.25) is 0 Å². The van der Waals surface area contributed by atoms with Gasteiger partial charge in [0, 0.05) is 32.2 Å². The molecule has 2 heterocycles. The summed E-state index contributed by atoms with van der Waals surface area (Å²) in [6.45, 7) is 3.95. The summed E-state index contributed by atoms with van der Waals surface area (Å²) in [5.41, 5.74) is 2.45. The predicted octanol–water partition coefficient (Wildman–Crippen LogP) is 2.73. The Morgan fingerprint density at radius 3 is 2.59 bits per heavy atom. The van der Waals surface area contributed by atoms with Crippen LogP contribution in [0.25, 0.3) is 11.0 Å². The van der Waals surface area contributed by atoms with Crippen LogP contribution >= 0.6 is 11.8 Å². The number of thioether (sulfide) groups is 1. The molecule has 1 saturated heterocycles. The number of benzene rings is 2. The lowest BCUT2D eigenvalue weighted by atomic mass is 10.2. The third kappa shape index (κ3) is 5.43. The monoisotopic (exact) mass is 474 g/mol. The molecule has 0 aliphatic carbocycles. The van der Waals surface area contributed by atoms with E-state index >= 15 is 0 Å². The average Bonchev–Trinajstić information content (AvgIpc) is 3.20. The second kappa shape index (κ2) is 9.93. The number of rotatable bonds is 8. The van der Waals surface area contributed by atoms with Crippen molar-refractivity contribution in [1.29, 1.82) is 0 Å². The Morgan fingerprint density at radius 1 is 1.12 bits per heavy atom.